The maximum Gasteiger partial charge on any atom is 0.209 e. The highest BCUT2D eigenvalue weighted by Gasteiger charge is 2.21. The molecule has 2 aromatic heterocycles. The van der Waals surface area contributed by atoms with Crippen LogP contribution in [0.1, 0.15) is 37.3 Å². The van der Waals surface area contributed by atoms with Crippen molar-refractivity contribution in [2.45, 2.75) is 42.6 Å². The molecule has 1 fully saturated rings. The molecule has 106 valence electrons. The van der Waals surface area contributed by atoms with E-state index in [0.29, 0.717) is 6.04 Å². The van der Waals surface area contributed by atoms with E-state index < -0.39 is 0 Å². The second-order valence-electron chi connectivity index (χ2n) is 4.93. The first kappa shape index (κ1) is 13.4. The number of hydrogen-bond acceptors (Lipinski definition) is 6. The Morgan fingerprint density at radius 3 is 2.90 bits per heavy atom. The molecule has 1 aliphatic carbocycles. The summed E-state index contributed by atoms with van der Waals surface area (Å²) < 4.78 is 1.99. The van der Waals surface area contributed by atoms with Gasteiger partial charge in [0.05, 0.1) is 6.04 Å². The first-order chi connectivity index (χ1) is 9.86. The molecule has 20 heavy (non-hydrogen) atoms. The number of nitrogens with zero attached hydrogens (tertiary/aromatic N) is 5. The molecule has 3 rings (SSSR count). The predicted octanol–water partition coefficient (Wildman–Crippen LogP) is 2.52. The highest BCUT2D eigenvalue weighted by atomic mass is 32.2. The van der Waals surface area contributed by atoms with Crippen molar-refractivity contribution in [1.82, 2.24) is 25.2 Å². The molecule has 0 radical (unpaired) electrons. The fourth-order valence-electron chi connectivity index (χ4n) is 2.46. The smallest absolute Gasteiger partial charge is 0.209 e. The maximum atomic E-state index is 4.31. The van der Waals surface area contributed by atoms with Crippen molar-refractivity contribution in [3.05, 3.63) is 23.9 Å². The molecule has 2 heterocycles. The van der Waals surface area contributed by atoms with Crippen LogP contribution >= 0.6 is 11.8 Å². The predicted molar refractivity (Wildman–Crippen MR) is 78.7 cm³/mol. The van der Waals surface area contributed by atoms with Crippen LogP contribution in [0.2, 0.25) is 0 Å². The van der Waals surface area contributed by atoms with Crippen molar-refractivity contribution in [3.8, 4) is 0 Å². The molecule has 0 bridgehead atoms. The number of pyridine rings is 1. The molecule has 0 saturated heterocycles. The summed E-state index contributed by atoms with van der Waals surface area (Å²) in [5.74, 6) is 1.72. The Bertz CT molecular complexity index is 546. The van der Waals surface area contributed by atoms with Gasteiger partial charge in [-0.2, -0.15) is 0 Å². The standard InChI is InChI=1S/C13H18N6S/c1-14-12-7-6-10(8-15-12)9-20-13-16-17-18-19(13)11-4-2-3-5-11/h6-8,11H,2-5,9H2,1H3,(H,14,15). The van der Waals surface area contributed by atoms with E-state index in [1.165, 1.54) is 31.2 Å². The Kier molecular flexibility index (Phi) is 4.15. The Labute approximate surface area is 122 Å². The van der Waals surface area contributed by atoms with Crippen molar-refractivity contribution in [2.24, 2.45) is 0 Å². The van der Waals surface area contributed by atoms with Crippen LogP contribution in [0.15, 0.2) is 23.5 Å². The van der Waals surface area contributed by atoms with E-state index in [0.717, 1.165) is 16.7 Å². The van der Waals surface area contributed by atoms with Crippen molar-refractivity contribution in [3.63, 3.8) is 0 Å². The van der Waals surface area contributed by atoms with E-state index in [1.807, 2.05) is 24.0 Å². The summed E-state index contributed by atoms with van der Waals surface area (Å²) in [7, 11) is 1.87. The van der Waals surface area contributed by atoms with E-state index in [2.05, 4.69) is 31.9 Å². The molecule has 2 aromatic rings. The molecule has 1 saturated carbocycles. The van der Waals surface area contributed by atoms with Gasteiger partial charge in [-0.1, -0.05) is 30.7 Å². The SMILES string of the molecule is CNc1ccc(CSc2nnnn2C2CCCC2)cn1. The van der Waals surface area contributed by atoms with Gasteiger partial charge in [-0.25, -0.2) is 9.67 Å². The molecule has 0 aromatic carbocycles. The zero-order valence-corrected chi connectivity index (χ0v) is 12.3. The Hall–Kier alpha value is -1.63. The molecule has 0 aliphatic heterocycles. The van der Waals surface area contributed by atoms with Gasteiger partial charge >= 0.3 is 0 Å². The highest BCUT2D eigenvalue weighted by Crippen LogP contribution is 2.32. The third kappa shape index (κ3) is 2.92. The minimum atomic E-state index is 0.484. The largest absolute Gasteiger partial charge is 0.373 e. The monoisotopic (exact) mass is 290 g/mol. The van der Waals surface area contributed by atoms with Crippen LogP contribution in [0.25, 0.3) is 0 Å². The number of tetrazole rings is 1. The van der Waals surface area contributed by atoms with E-state index in [-0.39, 0.29) is 0 Å². The fraction of sp³-hybridized carbons (Fsp3) is 0.538. The second-order valence-corrected chi connectivity index (χ2v) is 5.88. The van der Waals surface area contributed by atoms with Gasteiger partial charge in [0.25, 0.3) is 0 Å². The van der Waals surface area contributed by atoms with E-state index in [1.54, 1.807) is 11.8 Å². The number of rotatable bonds is 5. The van der Waals surface area contributed by atoms with E-state index >= 15 is 0 Å². The lowest BCUT2D eigenvalue weighted by molar-refractivity contribution is 0.423. The van der Waals surface area contributed by atoms with Gasteiger partial charge in [0.1, 0.15) is 5.82 Å². The molecule has 7 heteroatoms. The van der Waals surface area contributed by atoms with Crippen LogP contribution in [0.5, 0.6) is 0 Å². The summed E-state index contributed by atoms with van der Waals surface area (Å²) in [4.78, 5) is 4.31. The summed E-state index contributed by atoms with van der Waals surface area (Å²) in [6.45, 7) is 0. The number of hydrogen-bond donors (Lipinski definition) is 1. The van der Waals surface area contributed by atoms with E-state index in [9.17, 15) is 0 Å². The number of anilines is 1. The zero-order valence-electron chi connectivity index (χ0n) is 11.5. The van der Waals surface area contributed by atoms with E-state index in [4.69, 9.17) is 0 Å². The summed E-state index contributed by atoms with van der Waals surface area (Å²) in [5.41, 5.74) is 1.18. The topological polar surface area (TPSA) is 68.5 Å². The summed E-state index contributed by atoms with van der Waals surface area (Å²) >= 11 is 1.67. The van der Waals surface area contributed by atoms with Crippen LogP contribution in [-0.4, -0.2) is 32.2 Å². The quantitative estimate of drug-likeness (QED) is 0.853. The van der Waals surface area contributed by atoms with Gasteiger partial charge in [-0.3, -0.25) is 0 Å². The Balaban J connectivity index is 1.64. The van der Waals surface area contributed by atoms with Gasteiger partial charge in [0.2, 0.25) is 5.16 Å². The van der Waals surface area contributed by atoms with Gasteiger partial charge in [0, 0.05) is 19.0 Å². The number of nitrogens with one attached hydrogen (secondary N) is 1. The zero-order chi connectivity index (χ0) is 13.8. The summed E-state index contributed by atoms with van der Waals surface area (Å²) in [5, 5.41) is 16.0. The van der Waals surface area contributed by atoms with Crippen LogP contribution in [0, 0.1) is 0 Å². The molecule has 0 atom stereocenters. The Morgan fingerprint density at radius 1 is 1.35 bits per heavy atom. The minimum Gasteiger partial charge on any atom is -0.373 e. The molecule has 1 aliphatic rings. The number of aromatic nitrogens is 5. The van der Waals surface area contributed by atoms with Crippen molar-refractivity contribution in [1.29, 1.82) is 0 Å². The third-order valence-corrected chi connectivity index (χ3v) is 4.59. The number of thioether (sulfide) groups is 1. The lowest BCUT2D eigenvalue weighted by Crippen LogP contribution is -2.08. The average molecular weight is 290 g/mol. The molecule has 0 unspecified atom stereocenters. The molecule has 0 spiro atoms. The van der Waals surface area contributed by atoms with Crippen LogP contribution in [0.3, 0.4) is 0 Å². The molecule has 0 amide bonds. The molecule has 1 N–H and O–H groups in total. The first-order valence-electron chi connectivity index (χ1n) is 6.90. The van der Waals surface area contributed by atoms with Crippen molar-refractivity contribution >= 4 is 17.6 Å². The molecular formula is C13H18N6S. The maximum absolute atomic E-state index is 4.31. The van der Waals surface area contributed by atoms with Crippen molar-refractivity contribution < 1.29 is 0 Å². The van der Waals surface area contributed by atoms with Crippen molar-refractivity contribution in [2.75, 3.05) is 12.4 Å². The highest BCUT2D eigenvalue weighted by molar-refractivity contribution is 7.98. The molecule has 6 nitrogen and oxygen atoms in total. The third-order valence-electron chi connectivity index (χ3n) is 3.58. The van der Waals surface area contributed by atoms with Gasteiger partial charge in [-0.15, -0.1) is 5.10 Å². The lowest BCUT2D eigenvalue weighted by atomic mass is 10.3. The van der Waals surface area contributed by atoms with Crippen LogP contribution in [0.4, 0.5) is 5.82 Å². The normalized spacial score (nSPS) is 15.7. The first-order valence-corrected chi connectivity index (χ1v) is 7.89. The fourth-order valence-corrected chi connectivity index (χ4v) is 3.34. The summed E-state index contributed by atoms with van der Waals surface area (Å²) in [6, 6.07) is 4.54. The lowest BCUT2D eigenvalue weighted by Gasteiger charge is -2.10. The average Bonchev–Trinajstić information content (AvgIpc) is 3.16. The Morgan fingerprint density at radius 2 is 2.20 bits per heavy atom. The van der Waals surface area contributed by atoms with Gasteiger partial charge in [-0.05, 0) is 34.9 Å². The second kappa shape index (κ2) is 6.21. The van der Waals surface area contributed by atoms with Gasteiger partial charge in [0.15, 0.2) is 0 Å². The molecular weight excluding hydrogens is 272 g/mol. The van der Waals surface area contributed by atoms with Crippen LogP contribution in [-0.2, 0) is 5.75 Å². The van der Waals surface area contributed by atoms with Crippen LogP contribution < -0.4 is 5.32 Å². The minimum absolute atomic E-state index is 0.484. The summed E-state index contributed by atoms with van der Waals surface area (Å²) in [6.07, 6.45) is 6.84. The van der Waals surface area contributed by atoms with Gasteiger partial charge < -0.3 is 5.32 Å².